The van der Waals surface area contributed by atoms with Gasteiger partial charge in [-0.2, -0.15) is 0 Å². The number of rotatable bonds is 9. The van der Waals surface area contributed by atoms with Crippen molar-refractivity contribution in [3.63, 3.8) is 0 Å². The van der Waals surface area contributed by atoms with Gasteiger partial charge in [0.05, 0.1) is 13.7 Å². The van der Waals surface area contributed by atoms with Crippen LogP contribution in [0.2, 0.25) is 0 Å². The molecule has 0 unspecified atom stereocenters. The predicted molar refractivity (Wildman–Crippen MR) is 91.5 cm³/mol. The number of nitrogens with one attached hydrogen (secondary N) is 2. The topological polar surface area (TPSA) is 54.9 Å². The first-order valence-electron chi connectivity index (χ1n) is 7.81. The Hall–Kier alpha value is -1.75. The van der Waals surface area contributed by atoms with Gasteiger partial charge in [0.2, 0.25) is 0 Å². The van der Waals surface area contributed by atoms with Crippen LogP contribution < -0.4 is 15.4 Å². The Morgan fingerprint density at radius 1 is 1.14 bits per heavy atom. The van der Waals surface area contributed by atoms with Crippen molar-refractivity contribution in [2.75, 3.05) is 33.9 Å². The van der Waals surface area contributed by atoms with Gasteiger partial charge in [0, 0.05) is 26.7 Å². The van der Waals surface area contributed by atoms with Crippen LogP contribution in [0.4, 0.5) is 0 Å². The van der Waals surface area contributed by atoms with Gasteiger partial charge in [-0.3, -0.25) is 4.99 Å². The van der Waals surface area contributed by atoms with E-state index in [1.807, 2.05) is 24.3 Å². The summed E-state index contributed by atoms with van der Waals surface area (Å²) >= 11 is 0. The van der Waals surface area contributed by atoms with E-state index < -0.39 is 0 Å². The summed E-state index contributed by atoms with van der Waals surface area (Å²) in [4.78, 5) is 4.20. The lowest BCUT2D eigenvalue weighted by Crippen LogP contribution is -2.38. The van der Waals surface area contributed by atoms with E-state index >= 15 is 0 Å². The smallest absolute Gasteiger partial charge is 0.191 e. The average Bonchev–Trinajstić information content (AvgIpc) is 2.53. The second-order valence-electron chi connectivity index (χ2n) is 5.50. The first-order valence-corrected chi connectivity index (χ1v) is 7.81. The molecule has 5 heteroatoms. The molecule has 0 saturated carbocycles. The molecule has 0 radical (unpaired) electrons. The van der Waals surface area contributed by atoms with E-state index in [1.54, 1.807) is 14.2 Å². The number of hydrogen-bond acceptors (Lipinski definition) is 3. The minimum atomic E-state index is 0.687. The summed E-state index contributed by atoms with van der Waals surface area (Å²) in [5.41, 5.74) is 1.18. The molecule has 0 saturated heterocycles. The second-order valence-corrected chi connectivity index (χ2v) is 5.50. The summed E-state index contributed by atoms with van der Waals surface area (Å²) in [7, 11) is 3.44. The largest absolute Gasteiger partial charge is 0.497 e. The van der Waals surface area contributed by atoms with E-state index in [0.717, 1.165) is 37.8 Å². The van der Waals surface area contributed by atoms with Crippen molar-refractivity contribution in [1.29, 1.82) is 0 Å². The fraction of sp³-hybridized carbons (Fsp3) is 0.588. The molecular weight excluding hydrogens is 278 g/mol. The van der Waals surface area contributed by atoms with Crippen LogP contribution in [0.15, 0.2) is 29.3 Å². The maximum atomic E-state index is 5.57. The van der Waals surface area contributed by atoms with Crippen molar-refractivity contribution in [1.82, 2.24) is 10.6 Å². The van der Waals surface area contributed by atoms with Gasteiger partial charge >= 0.3 is 0 Å². The Morgan fingerprint density at radius 3 is 2.45 bits per heavy atom. The second kappa shape index (κ2) is 10.9. The van der Waals surface area contributed by atoms with Gasteiger partial charge < -0.3 is 20.1 Å². The van der Waals surface area contributed by atoms with Crippen LogP contribution in [0.1, 0.15) is 25.8 Å². The number of ether oxygens (including phenoxy) is 2. The van der Waals surface area contributed by atoms with Crippen LogP contribution in [-0.2, 0) is 11.3 Å². The van der Waals surface area contributed by atoms with Crippen molar-refractivity contribution < 1.29 is 9.47 Å². The van der Waals surface area contributed by atoms with Crippen LogP contribution in [0, 0.1) is 5.92 Å². The highest BCUT2D eigenvalue weighted by Crippen LogP contribution is 2.10. The fourth-order valence-corrected chi connectivity index (χ4v) is 1.81. The lowest BCUT2D eigenvalue weighted by atomic mass is 10.1. The molecule has 0 amide bonds. The summed E-state index contributed by atoms with van der Waals surface area (Å²) in [5.74, 6) is 2.33. The van der Waals surface area contributed by atoms with Crippen molar-refractivity contribution in [2.24, 2.45) is 10.9 Å². The van der Waals surface area contributed by atoms with Gasteiger partial charge in [0.25, 0.3) is 0 Å². The number of benzene rings is 1. The highest BCUT2D eigenvalue weighted by atomic mass is 16.5. The highest BCUT2D eigenvalue weighted by Gasteiger charge is 1.99. The Kier molecular flexibility index (Phi) is 9.07. The van der Waals surface area contributed by atoms with Gasteiger partial charge in [-0.05, 0) is 30.0 Å². The zero-order chi connectivity index (χ0) is 16.2. The van der Waals surface area contributed by atoms with Crippen molar-refractivity contribution in [3.05, 3.63) is 29.8 Å². The van der Waals surface area contributed by atoms with Gasteiger partial charge in [-0.15, -0.1) is 0 Å². The molecule has 2 N–H and O–H groups in total. The molecule has 0 atom stereocenters. The van der Waals surface area contributed by atoms with Gasteiger partial charge in [0.15, 0.2) is 5.96 Å². The quantitative estimate of drug-likeness (QED) is 0.418. The van der Waals surface area contributed by atoms with Gasteiger partial charge in [-0.1, -0.05) is 26.0 Å². The van der Waals surface area contributed by atoms with E-state index in [4.69, 9.17) is 9.47 Å². The third-order valence-corrected chi connectivity index (χ3v) is 3.22. The number of methoxy groups -OCH3 is 1. The molecule has 5 nitrogen and oxygen atoms in total. The summed E-state index contributed by atoms with van der Waals surface area (Å²) in [5, 5.41) is 6.51. The number of hydrogen-bond donors (Lipinski definition) is 2. The summed E-state index contributed by atoms with van der Waals surface area (Å²) in [6.45, 7) is 7.38. The predicted octanol–water partition coefficient (Wildman–Crippen LogP) is 2.42. The highest BCUT2D eigenvalue weighted by molar-refractivity contribution is 5.79. The third kappa shape index (κ3) is 7.88. The van der Waals surface area contributed by atoms with Crippen LogP contribution in [0.3, 0.4) is 0 Å². The third-order valence-electron chi connectivity index (χ3n) is 3.22. The number of nitrogens with zero attached hydrogens (tertiary/aromatic N) is 1. The van der Waals surface area contributed by atoms with Crippen LogP contribution in [0.5, 0.6) is 5.75 Å². The van der Waals surface area contributed by atoms with E-state index in [9.17, 15) is 0 Å². The van der Waals surface area contributed by atoms with Crippen LogP contribution >= 0.6 is 0 Å². The molecule has 124 valence electrons. The summed E-state index contributed by atoms with van der Waals surface area (Å²) < 4.78 is 10.7. The first-order chi connectivity index (χ1) is 10.7. The van der Waals surface area contributed by atoms with Gasteiger partial charge in [0.1, 0.15) is 5.75 Å². The SMILES string of the molecule is CN=C(NCCOCCC(C)C)NCc1ccc(OC)cc1. The molecular formula is C17H29N3O2. The molecule has 0 aliphatic heterocycles. The molecule has 1 aromatic carbocycles. The average molecular weight is 307 g/mol. The van der Waals surface area contributed by atoms with Crippen molar-refractivity contribution >= 4 is 5.96 Å². The van der Waals surface area contributed by atoms with Crippen molar-refractivity contribution in [3.8, 4) is 5.75 Å². The molecule has 1 aromatic rings. The molecule has 0 heterocycles. The molecule has 1 rings (SSSR count). The molecule has 0 fully saturated rings. The Balaban J connectivity index is 2.19. The molecule has 0 aliphatic carbocycles. The Morgan fingerprint density at radius 2 is 1.86 bits per heavy atom. The minimum absolute atomic E-state index is 0.687. The summed E-state index contributed by atoms with van der Waals surface area (Å²) in [6, 6.07) is 7.98. The lowest BCUT2D eigenvalue weighted by Gasteiger charge is -2.12. The standard InChI is InChI=1S/C17H29N3O2/c1-14(2)9-11-22-12-10-19-17(18-3)20-13-15-5-7-16(21-4)8-6-15/h5-8,14H,9-13H2,1-4H3,(H2,18,19,20). The normalized spacial score (nSPS) is 11.6. The van der Waals surface area contributed by atoms with E-state index in [-0.39, 0.29) is 0 Å². The maximum absolute atomic E-state index is 5.57. The number of guanidine groups is 1. The molecule has 0 bridgehead atoms. The van der Waals surface area contributed by atoms with Crippen LogP contribution in [-0.4, -0.2) is 39.9 Å². The zero-order valence-electron chi connectivity index (χ0n) is 14.2. The Labute approximate surface area is 134 Å². The molecule has 0 spiro atoms. The van der Waals surface area contributed by atoms with Crippen LogP contribution in [0.25, 0.3) is 0 Å². The maximum Gasteiger partial charge on any atom is 0.191 e. The summed E-state index contributed by atoms with van der Waals surface area (Å²) in [6.07, 6.45) is 1.10. The van der Waals surface area contributed by atoms with Gasteiger partial charge in [-0.25, -0.2) is 0 Å². The van der Waals surface area contributed by atoms with E-state index in [2.05, 4.69) is 29.5 Å². The van der Waals surface area contributed by atoms with E-state index in [1.165, 1.54) is 5.56 Å². The van der Waals surface area contributed by atoms with Crippen molar-refractivity contribution in [2.45, 2.75) is 26.8 Å². The monoisotopic (exact) mass is 307 g/mol. The minimum Gasteiger partial charge on any atom is -0.497 e. The zero-order valence-corrected chi connectivity index (χ0v) is 14.2. The fourth-order valence-electron chi connectivity index (χ4n) is 1.81. The lowest BCUT2D eigenvalue weighted by molar-refractivity contribution is 0.128. The van der Waals surface area contributed by atoms with E-state index in [0.29, 0.717) is 12.5 Å². The first kappa shape index (κ1) is 18.3. The molecule has 0 aliphatic rings. The number of aliphatic imine (C=N–C) groups is 1. The molecule has 22 heavy (non-hydrogen) atoms. The Bertz CT molecular complexity index is 430. The molecule has 0 aromatic heterocycles.